The molecule has 0 spiro atoms. The van der Waals surface area contributed by atoms with Crippen molar-refractivity contribution in [2.45, 2.75) is 33.1 Å². The van der Waals surface area contributed by atoms with Gasteiger partial charge >= 0.3 is 11.9 Å². The third-order valence-corrected chi connectivity index (χ3v) is 4.91. The van der Waals surface area contributed by atoms with Crippen LogP contribution in [-0.2, 0) is 16.1 Å². The molecule has 2 heterocycles. The number of amides is 1. The van der Waals surface area contributed by atoms with Gasteiger partial charge in [-0.2, -0.15) is 5.48 Å². The van der Waals surface area contributed by atoms with Crippen LogP contribution < -0.4 is 10.4 Å². The fourth-order valence-corrected chi connectivity index (χ4v) is 3.36. The van der Waals surface area contributed by atoms with Crippen molar-refractivity contribution in [3.8, 4) is 11.5 Å². The summed E-state index contributed by atoms with van der Waals surface area (Å²) in [6, 6.07) is 7.15. The molecular weight excluding hydrogens is 376 g/mol. The SMILES string of the molecule is CC(=O)ONC(=O)c1nc(CC2CCN(c3ccc(O)cc3)CC2)nc(C)c1O. The second-order valence-corrected chi connectivity index (χ2v) is 7.10. The molecule has 1 aromatic carbocycles. The van der Waals surface area contributed by atoms with Gasteiger partial charge in [0, 0.05) is 32.1 Å². The molecule has 9 heteroatoms. The molecule has 3 N–H and O–H groups in total. The minimum absolute atomic E-state index is 0.213. The second-order valence-electron chi connectivity index (χ2n) is 7.10. The molecule has 1 aliphatic rings. The zero-order valence-electron chi connectivity index (χ0n) is 16.4. The molecule has 0 atom stereocenters. The number of aromatic nitrogens is 2. The van der Waals surface area contributed by atoms with Crippen LogP contribution in [0.15, 0.2) is 24.3 Å². The van der Waals surface area contributed by atoms with Gasteiger partial charge in [0.1, 0.15) is 11.6 Å². The average molecular weight is 400 g/mol. The Balaban J connectivity index is 1.64. The van der Waals surface area contributed by atoms with Crippen molar-refractivity contribution >= 4 is 17.6 Å². The molecule has 3 rings (SSSR count). The Hall–Kier alpha value is -3.36. The summed E-state index contributed by atoms with van der Waals surface area (Å²) < 4.78 is 0. The molecule has 1 saturated heterocycles. The lowest BCUT2D eigenvalue weighted by molar-refractivity contribution is -0.146. The normalized spacial score (nSPS) is 14.5. The van der Waals surface area contributed by atoms with E-state index in [0.29, 0.717) is 23.9 Å². The van der Waals surface area contributed by atoms with Gasteiger partial charge in [0.15, 0.2) is 11.4 Å². The van der Waals surface area contributed by atoms with Crippen LogP contribution in [0.1, 0.15) is 41.8 Å². The van der Waals surface area contributed by atoms with Crippen LogP contribution in [0.4, 0.5) is 5.69 Å². The van der Waals surface area contributed by atoms with Gasteiger partial charge in [0.2, 0.25) is 0 Å². The third kappa shape index (κ3) is 5.13. The number of phenolic OH excluding ortho intramolecular Hbond substituents is 1. The molecule has 0 radical (unpaired) electrons. The Labute approximate surface area is 168 Å². The van der Waals surface area contributed by atoms with Crippen LogP contribution in [0.3, 0.4) is 0 Å². The van der Waals surface area contributed by atoms with Gasteiger partial charge < -0.3 is 20.0 Å². The van der Waals surface area contributed by atoms with Gasteiger partial charge in [-0.05, 0) is 49.9 Å². The molecule has 1 aliphatic heterocycles. The van der Waals surface area contributed by atoms with Crippen LogP contribution >= 0.6 is 0 Å². The molecule has 1 amide bonds. The molecule has 2 aromatic rings. The molecule has 0 bridgehead atoms. The highest BCUT2D eigenvalue weighted by atomic mass is 16.7. The molecule has 0 aliphatic carbocycles. The lowest BCUT2D eigenvalue weighted by Gasteiger charge is -2.33. The summed E-state index contributed by atoms with van der Waals surface area (Å²) in [4.78, 5) is 38.2. The smallest absolute Gasteiger partial charge is 0.329 e. The van der Waals surface area contributed by atoms with Crippen molar-refractivity contribution in [3.63, 3.8) is 0 Å². The number of aromatic hydroxyl groups is 2. The summed E-state index contributed by atoms with van der Waals surface area (Å²) in [6.07, 6.45) is 2.44. The van der Waals surface area contributed by atoms with Gasteiger partial charge in [-0.1, -0.05) is 0 Å². The number of piperidine rings is 1. The van der Waals surface area contributed by atoms with Crippen LogP contribution in [0.2, 0.25) is 0 Å². The number of phenols is 1. The Morgan fingerprint density at radius 1 is 1.17 bits per heavy atom. The van der Waals surface area contributed by atoms with Gasteiger partial charge in [-0.3, -0.25) is 9.59 Å². The highest BCUT2D eigenvalue weighted by Crippen LogP contribution is 2.27. The molecule has 0 saturated carbocycles. The lowest BCUT2D eigenvalue weighted by atomic mass is 9.93. The Kier molecular flexibility index (Phi) is 6.16. The quantitative estimate of drug-likeness (QED) is 0.664. The lowest BCUT2D eigenvalue weighted by Crippen LogP contribution is -2.34. The fraction of sp³-hybridized carbons (Fsp3) is 0.400. The fourth-order valence-electron chi connectivity index (χ4n) is 3.36. The number of benzene rings is 1. The highest BCUT2D eigenvalue weighted by Gasteiger charge is 2.23. The van der Waals surface area contributed by atoms with Gasteiger partial charge in [-0.25, -0.2) is 9.97 Å². The second kappa shape index (κ2) is 8.76. The monoisotopic (exact) mass is 400 g/mol. The number of nitrogens with one attached hydrogen (secondary N) is 1. The minimum Gasteiger partial charge on any atom is -0.508 e. The predicted octanol–water partition coefficient (Wildman–Crippen LogP) is 1.86. The van der Waals surface area contributed by atoms with Crippen LogP contribution in [0.5, 0.6) is 11.5 Å². The number of hydrogen-bond acceptors (Lipinski definition) is 8. The average Bonchev–Trinajstić information content (AvgIpc) is 2.70. The van der Waals surface area contributed by atoms with Crippen molar-refractivity contribution in [2.24, 2.45) is 5.92 Å². The van der Waals surface area contributed by atoms with Crippen LogP contribution in [0, 0.1) is 12.8 Å². The Bertz CT molecular complexity index is 892. The first-order valence-electron chi connectivity index (χ1n) is 9.41. The molecule has 1 aromatic heterocycles. The Morgan fingerprint density at radius 2 is 1.83 bits per heavy atom. The number of hydroxylamine groups is 1. The van der Waals surface area contributed by atoms with Gasteiger partial charge in [0.05, 0.1) is 5.69 Å². The van der Waals surface area contributed by atoms with Crippen molar-refractivity contribution in [1.82, 2.24) is 15.4 Å². The number of aryl methyl sites for hydroxylation is 1. The molecule has 9 nitrogen and oxygen atoms in total. The summed E-state index contributed by atoms with van der Waals surface area (Å²) in [7, 11) is 0. The topological polar surface area (TPSA) is 125 Å². The number of rotatable bonds is 4. The number of hydrogen-bond donors (Lipinski definition) is 3. The third-order valence-electron chi connectivity index (χ3n) is 4.91. The largest absolute Gasteiger partial charge is 0.508 e. The minimum atomic E-state index is -0.799. The van der Waals surface area contributed by atoms with Crippen molar-refractivity contribution in [3.05, 3.63) is 41.5 Å². The number of nitrogens with zero attached hydrogens (tertiary/aromatic N) is 3. The summed E-state index contributed by atoms with van der Waals surface area (Å²) in [5, 5.41) is 19.5. The number of anilines is 1. The number of carbonyl (C=O) groups is 2. The standard InChI is InChI=1S/C20H24N4O5/c1-12-19(27)18(20(28)23-29-13(2)25)22-17(21-12)11-14-7-9-24(10-8-14)15-3-5-16(26)6-4-15/h3-6,14,26-27H,7-11H2,1-2H3,(H,23,28). The van der Waals surface area contributed by atoms with Crippen LogP contribution in [-0.4, -0.2) is 45.1 Å². The van der Waals surface area contributed by atoms with Crippen molar-refractivity contribution in [2.75, 3.05) is 18.0 Å². The highest BCUT2D eigenvalue weighted by molar-refractivity contribution is 5.94. The van der Waals surface area contributed by atoms with Crippen molar-refractivity contribution in [1.29, 1.82) is 0 Å². The van der Waals surface area contributed by atoms with E-state index in [4.69, 9.17) is 0 Å². The predicted molar refractivity (Wildman–Crippen MR) is 104 cm³/mol. The van der Waals surface area contributed by atoms with Gasteiger partial charge in [0.25, 0.3) is 0 Å². The summed E-state index contributed by atoms with van der Waals surface area (Å²) in [6.45, 7) is 4.48. The zero-order chi connectivity index (χ0) is 21.0. The van der Waals surface area contributed by atoms with E-state index in [1.807, 2.05) is 17.6 Å². The van der Waals surface area contributed by atoms with E-state index in [0.717, 1.165) is 38.5 Å². The maximum absolute atomic E-state index is 12.1. The number of carbonyl (C=O) groups excluding carboxylic acids is 2. The van der Waals surface area contributed by atoms with Gasteiger partial charge in [-0.15, -0.1) is 0 Å². The van der Waals surface area contributed by atoms with E-state index in [1.165, 1.54) is 0 Å². The first kappa shape index (κ1) is 20.4. The summed E-state index contributed by atoms with van der Waals surface area (Å²) in [5.74, 6) is -0.749. The molecule has 154 valence electrons. The van der Waals surface area contributed by atoms with E-state index in [-0.39, 0.29) is 17.2 Å². The first-order chi connectivity index (χ1) is 13.8. The first-order valence-corrected chi connectivity index (χ1v) is 9.41. The molecule has 1 fully saturated rings. The van der Waals surface area contributed by atoms with E-state index in [2.05, 4.69) is 19.7 Å². The van der Waals surface area contributed by atoms with E-state index in [1.54, 1.807) is 19.1 Å². The van der Waals surface area contributed by atoms with Crippen LogP contribution in [0.25, 0.3) is 0 Å². The maximum atomic E-state index is 12.1. The van der Waals surface area contributed by atoms with E-state index >= 15 is 0 Å². The maximum Gasteiger partial charge on any atom is 0.329 e. The summed E-state index contributed by atoms with van der Waals surface area (Å²) >= 11 is 0. The summed E-state index contributed by atoms with van der Waals surface area (Å²) in [5.41, 5.74) is 3.12. The van der Waals surface area contributed by atoms with E-state index < -0.39 is 11.9 Å². The van der Waals surface area contributed by atoms with E-state index in [9.17, 15) is 19.8 Å². The van der Waals surface area contributed by atoms with Crippen molar-refractivity contribution < 1.29 is 24.6 Å². The Morgan fingerprint density at radius 3 is 2.45 bits per heavy atom. The molecule has 0 unspecified atom stereocenters. The molecule has 29 heavy (non-hydrogen) atoms. The molecular formula is C20H24N4O5. The zero-order valence-corrected chi connectivity index (χ0v) is 16.4.